The number of amides is 1. The van der Waals surface area contributed by atoms with E-state index >= 15 is 0 Å². The van der Waals surface area contributed by atoms with Gasteiger partial charge in [-0.05, 0) is 44.4 Å². The first-order chi connectivity index (χ1) is 29.0. The van der Waals surface area contributed by atoms with E-state index in [0.717, 1.165) is 44.4 Å². The number of rotatable bonds is 41. The normalized spacial score (nSPS) is 21.8. The summed E-state index contributed by atoms with van der Waals surface area (Å²) in [5, 5.41) is 75.7. The number of ether oxygens (including phenoxy) is 2. The highest BCUT2D eigenvalue weighted by atomic mass is 16.7. The molecule has 9 atom stereocenters. The molecule has 0 unspecified atom stereocenters. The second kappa shape index (κ2) is 38.3. The lowest BCUT2D eigenvalue weighted by atomic mass is 9.98. The van der Waals surface area contributed by atoms with Crippen molar-refractivity contribution in [2.75, 3.05) is 13.2 Å². The third-order valence-corrected chi connectivity index (χ3v) is 12.2. The quantitative estimate of drug-likeness (QED) is 0.0218. The second-order valence-corrected chi connectivity index (χ2v) is 18.4. The van der Waals surface area contributed by atoms with E-state index < -0.39 is 74.2 Å². The van der Waals surface area contributed by atoms with E-state index in [2.05, 4.69) is 38.2 Å². The van der Waals surface area contributed by atoms with Crippen molar-refractivity contribution < 1.29 is 50.0 Å². The molecule has 1 heterocycles. The molecule has 0 bridgehead atoms. The molecule has 0 aromatic carbocycles. The van der Waals surface area contributed by atoms with Crippen molar-refractivity contribution in [3.05, 3.63) is 12.2 Å². The van der Waals surface area contributed by atoms with E-state index in [9.17, 15) is 40.5 Å². The molecule has 356 valence electrons. The predicted molar refractivity (Wildman–Crippen MR) is 242 cm³/mol. The Hall–Kier alpha value is -1.15. The highest BCUT2D eigenvalue weighted by Crippen LogP contribution is 2.23. The van der Waals surface area contributed by atoms with Gasteiger partial charge in [0, 0.05) is 0 Å². The summed E-state index contributed by atoms with van der Waals surface area (Å²) < 4.78 is 11.1. The van der Waals surface area contributed by atoms with Gasteiger partial charge in [-0.25, -0.2) is 0 Å². The second-order valence-electron chi connectivity index (χ2n) is 18.4. The Labute approximate surface area is 366 Å². The fourth-order valence-corrected chi connectivity index (χ4v) is 8.09. The van der Waals surface area contributed by atoms with Crippen molar-refractivity contribution in [3.8, 4) is 0 Å². The topological polar surface area (TPSA) is 189 Å². The van der Waals surface area contributed by atoms with Gasteiger partial charge in [-0.15, -0.1) is 0 Å². The SMILES string of the molecule is CCCCCCCC/C=C\CCCCCCCCCCCCC[C@H](O)C(=O)N[C@@H](CO[C@@H]1O[C@H](CO)[C@@H](O)[C@H](O)[C@H]1O)[C@H](O)[C@H](O)CCCCCCCCCCCC(C)C. The molecule has 0 saturated carbocycles. The van der Waals surface area contributed by atoms with Crippen LogP contribution in [0.1, 0.15) is 220 Å². The van der Waals surface area contributed by atoms with E-state index in [1.807, 2.05) is 0 Å². The van der Waals surface area contributed by atoms with E-state index in [-0.39, 0.29) is 6.42 Å². The van der Waals surface area contributed by atoms with Crippen LogP contribution in [-0.2, 0) is 14.3 Å². The first-order valence-electron chi connectivity index (χ1n) is 24.9. The smallest absolute Gasteiger partial charge is 0.249 e. The van der Waals surface area contributed by atoms with Gasteiger partial charge < -0.3 is 50.5 Å². The molecule has 0 spiro atoms. The molecule has 1 aliphatic heterocycles. The minimum Gasteiger partial charge on any atom is -0.394 e. The third kappa shape index (κ3) is 28.5. The van der Waals surface area contributed by atoms with Gasteiger partial charge in [0.05, 0.1) is 25.4 Å². The minimum atomic E-state index is -1.66. The molecule has 60 heavy (non-hydrogen) atoms. The van der Waals surface area contributed by atoms with E-state index in [0.29, 0.717) is 19.3 Å². The molecule has 1 fully saturated rings. The minimum absolute atomic E-state index is 0.261. The number of hydrogen-bond donors (Lipinski definition) is 8. The van der Waals surface area contributed by atoms with Crippen LogP contribution in [0.5, 0.6) is 0 Å². The number of hydrogen-bond acceptors (Lipinski definition) is 10. The van der Waals surface area contributed by atoms with Crippen LogP contribution in [0, 0.1) is 5.92 Å². The number of carbonyl (C=O) groups is 1. The highest BCUT2D eigenvalue weighted by Gasteiger charge is 2.44. The molecule has 0 aromatic heterocycles. The van der Waals surface area contributed by atoms with Crippen molar-refractivity contribution in [1.82, 2.24) is 5.32 Å². The molecule has 0 aromatic rings. The summed E-state index contributed by atoms with van der Waals surface area (Å²) in [7, 11) is 0. The Balaban J connectivity index is 2.37. The number of aliphatic hydroxyl groups is 7. The van der Waals surface area contributed by atoms with E-state index in [1.54, 1.807) is 0 Å². The Morgan fingerprint density at radius 2 is 1.03 bits per heavy atom. The summed E-state index contributed by atoms with van der Waals surface area (Å²) in [6, 6.07) is -1.17. The van der Waals surface area contributed by atoms with Gasteiger partial charge in [0.25, 0.3) is 0 Å². The first kappa shape index (κ1) is 56.9. The van der Waals surface area contributed by atoms with Crippen molar-refractivity contribution in [3.63, 3.8) is 0 Å². The van der Waals surface area contributed by atoms with Gasteiger partial charge in [0.15, 0.2) is 6.29 Å². The summed E-state index contributed by atoms with van der Waals surface area (Å²) in [6.45, 7) is 5.73. The summed E-state index contributed by atoms with van der Waals surface area (Å²) in [5.74, 6) is 0.0657. The maximum atomic E-state index is 13.1. The van der Waals surface area contributed by atoms with E-state index in [4.69, 9.17) is 9.47 Å². The Morgan fingerprint density at radius 3 is 1.50 bits per heavy atom. The number of nitrogens with one attached hydrogen (secondary N) is 1. The van der Waals surface area contributed by atoms with Crippen LogP contribution in [0.4, 0.5) is 0 Å². The van der Waals surface area contributed by atoms with Crippen molar-refractivity contribution in [2.45, 2.75) is 275 Å². The highest BCUT2D eigenvalue weighted by molar-refractivity contribution is 5.80. The number of carbonyl (C=O) groups excluding carboxylic acids is 1. The zero-order valence-corrected chi connectivity index (χ0v) is 38.6. The fourth-order valence-electron chi connectivity index (χ4n) is 8.09. The molecule has 0 aliphatic carbocycles. The summed E-state index contributed by atoms with van der Waals surface area (Å²) >= 11 is 0. The fraction of sp³-hybridized carbons (Fsp3) is 0.939. The number of aliphatic hydroxyl groups excluding tert-OH is 7. The lowest BCUT2D eigenvalue weighted by molar-refractivity contribution is -0.303. The molecule has 1 rings (SSSR count). The van der Waals surface area contributed by atoms with Gasteiger partial charge in [-0.1, -0.05) is 193 Å². The van der Waals surface area contributed by atoms with Crippen LogP contribution in [0.3, 0.4) is 0 Å². The van der Waals surface area contributed by atoms with Crippen LogP contribution in [0.15, 0.2) is 12.2 Å². The van der Waals surface area contributed by atoms with Crippen LogP contribution in [0.25, 0.3) is 0 Å². The van der Waals surface area contributed by atoms with Gasteiger partial charge >= 0.3 is 0 Å². The lowest BCUT2D eigenvalue weighted by Gasteiger charge is -2.40. The molecule has 11 nitrogen and oxygen atoms in total. The number of allylic oxidation sites excluding steroid dienone is 2. The summed E-state index contributed by atoms with van der Waals surface area (Å²) in [6.07, 6.45) is 28.4. The van der Waals surface area contributed by atoms with Crippen LogP contribution < -0.4 is 5.32 Å². The van der Waals surface area contributed by atoms with Crippen LogP contribution in [0.2, 0.25) is 0 Å². The average Bonchev–Trinajstić information content (AvgIpc) is 3.23. The summed E-state index contributed by atoms with van der Waals surface area (Å²) in [5.41, 5.74) is 0. The van der Waals surface area contributed by atoms with Gasteiger partial charge in [-0.2, -0.15) is 0 Å². The van der Waals surface area contributed by atoms with Gasteiger partial charge in [0.1, 0.15) is 36.6 Å². The van der Waals surface area contributed by atoms with Crippen molar-refractivity contribution in [2.24, 2.45) is 5.92 Å². The largest absolute Gasteiger partial charge is 0.394 e. The Kier molecular flexibility index (Phi) is 36.3. The molecule has 11 heteroatoms. The van der Waals surface area contributed by atoms with E-state index in [1.165, 1.54) is 135 Å². The predicted octanol–water partition coefficient (Wildman–Crippen LogP) is 8.70. The molecule has 1 saturated heterocycles. The maximum absolute atomic E-state index is 13.1. The zero-order chi connectivity index (χ0) is 44.2. The molecule has 0 radical (unpaired) electrons. The molecule has 1 amide bonds. The Bertz CT molecular complexity index is 999. The van der Waals surface area contributed by atoms with Crippen molar-refractivity contribution >= 4 is 5.91 Å². The molecule has 8 N–H and O–H groups in total. The molecular weight excluding hydrogens is 763 g/mol. The maximum Gasteiger partial charge on any atom is 0.249 e. The average molecular weight is 858 g/mol. The van der Waals surface area contributed by atoms with Gasteiger partial charge in [0.2, 0.25) is 5.91 Å². The first-order valence-corrected chi connectivity index (χ1v) is 24.9. The molecular formula is C49H95NO10. The zero-order valence-electron chi connectivity index (χ0n) is 38.6. The van der Waals surface area contributed by atoms with Crippen LogP contribution >= 0.6 is 0 Å². The number of unbranched alkanes of at least 4 members (excludes halogenated alkanes) is 25. The Morgan fingerprint density at radius 1 is 0.600 bits per heavy atom. The lowest BCUT2D eigenvalue weighted by Crippen LogP contribution is -2.60. The standard InChI is InChI=1S/C49H95NO10/c1-4-5-6-7-8-9-10-11-12-13-14-15-16-17-18-19-20-23-27-30-33-36-42(53)48(58)50-40(38-59-49-47(57)46(56)45(55)43(37-51)60-49)44(54)41(52)35-32-29-26-24-21-22-25-28-31-34-39(2)3/h11-12,39-47,49,51-57H,4-10,13-38H2,1-3H3,(H,50,58)/b12-11-/t40-,41+,42-,43+,44-,45+,46-,47+,49+/m0/s1. The van der Waals surface area contributed by atoms with Crippen molar-refractivity contribution in [1.29, 1.82) is 0 Å². The van der Waals surface area contributed by atoms with Crippen LogP contribution in [-0.4, -0.2) is 110 Å². The molecule has 1 aliphatic rings. The third-order valence-electron chi connectivity index (χ3n) is 12.2. The van der Waals surface area contributed by atoms with Gasteiger partial charge in [-0.3, -0.25) is 4.79 Å². The summed E-state index contributed by atoms with van der Waals surface area (Å²) in [4.78, 5) is 13.1. The monoisotopic (exact) mass is 858 g/mol.